The molecule has 2 heteroatoms. The van der Waals surface area contributed by atoms with Crippen molar-refractivity contribution >= 4 is 5.97 Å². The number of ether oxygens (including phenoxy) is 1. The van der Waals surface area contributed by atoms with Gasteiger partial charge in [0.1, 0.15) is 5.75 Å². The number of rotatable bonds is 1. The molecule has 0 aliphatic carbocycles. The second-order valence-corrected chi connectivity index (χ2v) is 2.41. The van der Waals surface area contributed by atoms with E-state index in [4.69, 9.17) is 4.74 Å². The summed E-state index contributed by atoms with van der Waals surface area (Å²) >= 11 is 0. The minimum atomic E-state index is -0.283. The van der Waals surface area contributed by atoms with E-state index in [2.05, 4.69) is 0 Å². The number of benzene rings is 1. The van der Waals surface area contributed by atoms with Crippen molar-refractivity contribution < 1.29 is 9.53 Å². The van der Waals surface area contributed by atoms with Crippen LogP contribution < -0.4 is 4.74 Å². The van der Waals surface area contributed by atoms with Gasteiger partial charge in [-0.05, 0) is 19.1 Å². The Bertz CT molecular complexity index is 249. The molecule has 0 spiro atoms. The lowest BCUT2D eigenvalue weighted by molar-refractivity contribution is -0.131. The summed E-state index contributed by atoms with van der Waals surface area (Å²) in [6.45, 7) is 3.37. The van der Waals surface area contributed by atoms with Crippen LogP contribution in [-0.2, 0) is 4.79 Å². The maximum absolute atomic E-state index is 10.5. The van der Waals surface area contributed by atoms with Crippen LogP contribution in [0.3, 0.4) is 0 Å². The van der Waals surface area contributed by atoms with E-state index in [0.29, 0.717) is 5.75 Å². The van der Waals surface area contributed by atoms with Crippen LogP contribution in [0.5, 0.6) is 5.75 Å². The predicted octanol–water partition coefficient (Wildman–Crippen LogP) is 2.56. The van der Waals surface area contributed by atoms with E-state index in [1.54, 1.807) is 12.1 Å². The van der Waals surface area contributed by atoms with Crippen molar-refractivity contribution in [3.63, 3.8) is 0 Å². The fraction of sp³-hybridized carbons (Fsp3) is 0.300. The molecule has 0 aromatic heterocycles. The number of esters is 1. The van der Waals surface area contributed by atoms with Crippen molar-refractivity contribution in [1.82, 2.24) is 0 Å². The van der Waals surface area contributed by atoms with Gasteiger partial charge in [0.2, 0.25) is 0 Å². The molecular formula is C10H14O2. The first-order valence-corrected chi connectivity index (χ1v) is 3.43. The number of aryl methyl sites for hydroxylation is 1. The second-order valence-electron chi connectivity index (χ2n) is 2.41. The van der Waals surface area contributed by atoms with E-state index in [9.17, 15) is 4.79 Å². The average molecular weight is 166 g/mol. The van der Waals surface area contributed by atoms with E-state index in [1.807, 2.05) is 19.1 Å². The van der Waals surface area contributed by atoms with Crippen molar-refractivity contribution in [3.8, 4) is 5.75 Å². The van der Waals surface area contributed by atoms with Crippen LogP contribution in [0.1, 0.15) is 19.9 Å². The Hall–Kier alpha value is -1.31. The van der Waals surface area contributed by atoms with Crippen LogP contribution in [0.15, 0.2) is 24.3 Å². The first-order valence-electron chi connectivity index (χ1n) is 3.43. The molecule has 0 heterocycles. The summed E-state index contributed by atoms with van der Waals surface area (Å²) in [5.74, 6) is 0.317. The van der Waals surface area contributed by atoms with E-state index in [0.717, 1.165) is 5.56 Å². The summed E-state index contributed by atoms with van der Waals surface area (Å²) in [6.07, 6.45) is 0. The average Bonchev–Trinajstić information content (AvgIpc) is 1.93. The normalized spacial score (nSPS) is 8.50. The highest BCUT2D eigenvalue weighted by molar-refractivity contribution is 5.69. The maximum atomic E-state index is 10.5. The molecule has 0 saturated carbocycles. The van der Waals surface area contributed by atoms with Gasteiger partial charge in [-0.2, -0.15) is 0 Å². The van der Waals surface area contributed by atoms with Gasteiger partial charge < -0.3 is 4.74 Å². The molecule has 1 aromatic rings. The van der Waals surface area contributed by atoms with E-state index < -0.39 is 0 Å². The molecule has 2 nitrogen and oxygen atoms in total. The Morgan fingerprint density at radius 3 is 2.17 bits per heavy atom. The Morgan fingerprint density at radius 2 is 1.75 bits per heavy atom. The van der Waals surface area contributed by atoms with Gasteiger partial charge in [0.15, 0.2) is 0 Å². The third-order valence-electron chi connectivity index (χ3n) is 1.28. The lowest BCUT2D eigenvalue weighted by Crippen LogP contribution is -2.00. The first kappa shape index (κ1) is 10.7. The van der Waals surface area contributed by atoms with Crippen molar-refractivity contribution in [2.24, 2.45) is 0 Å². The SMILES string of the molecule is C.CC(=O)Oc1ccc(C)cc1. The predicted molar refractivity (Wildman–Crippen MR) is 49.2 cm³/mol. The highest BCUT2D eigenvalue weighted by Crippen LogP contribution is 2.10. The number of hydrogen-bond acceptors (Lipinski definition) is 2. The summed E-state index contributed by atoms with van der Waals surface area (Å²) in [4.78, 5) is 10.5. The Kier molecular flexibility index (Phi) is 4.05. The molecule has 1 rings (SSSR count). The molecule has 0 aliphatic rings. The van der Waals surface area contributed by atoms with Crippen LogP contribution in [0, 0.1) is 6.92 Å². The monoisotopic (exact) mass is 166 g/mol. The zero-order valence-corrected chi connectivity index (χ0v) is 6.63. The quantitative estimate of drug-likeness (QED) is 0.473. The molecule has 0 fully saturated rings. The van der Waals surface area contributed by atoms with Crippen LogP contribution in [-0.4, -0.2) is 5.97 Å². The maximum Gasteiger partial charge on any atom is 0.308 e. The standard InChI is InChI=1S/C9H10O2.CH4/c1-7-3-5-9(6-4-7)11-8(2)10;/h3-6H,1-2H3;1H4. The molecule has 1 aromatic carbocycles. The highest BCUT2D eigenvalue weighted by Gasteiger charge is 1.94. The van der Waals surface area contributed by atoms with E-state index in [-0.39, 0.29) is 13.4 Å². The van der Waals surface area contributed by atoms with Gasteiger partial charge in [-0.1, -0.05) is 25.1 Å². The van der Waals surface area contributed by atoms with Crippen LogP contribution >= 0.6 is 0 Å². The zero-order valence-electron chi connectivity index (χ0n) is 6.63. The third-order valence-corrected chi connectivity index (χ3v) is 1.28. The molecule has 0 atom stereocenters. The first-order chi connectivity index (χ1) is 5.18. The molecule has 66 valence electrons. The lowest BCUT2D eigenvalue weighted by Gasteiger charge is -1.99. The summed E-state index contributed by atoms with van der Waals surface area (Å²) in [5.41, 5.74) is 1.15. The van der Waals surface area contributed by atoms with Crippen LogP contribution in [0.2, 0.25) is 0 Å². The zero-order chi connectivity index (χ0) is 8.27. The molecule has 0 radical (unpaired) electrons. The van der Waals surface area contributed by atoms with Crippen LogP contribution in [0.4, 0.5) is 0 Å². The van der Waals surface area contributed by atoms with Crippen molar-refractivity contribution in [2.75, 3.05) is 0 Å². The van der Waals surface area contributed by atoms with Gasteiger partial charge in [-0.25, -0.2) is 0 Å². The lowest BCUT2D eigenvalue weighted by atomic mass is 10.2. The molecule has 0 amide bonds. The molecule has 12 heavy (non-hydrogen) atoms. The molecular weight excluding hydrogens is 152 g/mol. The Balaban J connectivity index is 0.00000121. The summed E-state index contributed by atoms with van der Waals surface area (Å²) in [7, 11) is 0. The van der Waals surface area contributed by atoms with Gasteiger partial charge in [-0.15, -0.1) is 0 Å². The topological polar surface area (TPSA) is 26.3 Å². The fourth-order valence-electron chi connectivity index (χ4n) is 0.772. The molecule has 0 bridgehead atoms. The summed E-state index contributed by atoms with van der Waals surface area (Å²) in [5, 5.41) is 0. The molecule has 0 N–H and O–H groups in total. The molecule has 0 saturated heterocycles. The van der Waals surface area contributed by atoms with Crippen molar-refractivity contribution in [1.29, 1.82) is 0 Å². The highest BCUT2D eigenvalue weighted by atomic mass is 16.5. The van der Waals surface area contributed by atoms with Gasteiger partial charge >= 0.3 is 5.97 Å². The molecule has 0 aliphatic heterocycles. The van der Waals surface area contributed by atoms with E-state index >= 15 is 0 Å². The third kappa shape index (κ3) is 3.19. The smallest absolute Gasteiger partial charge is 0.308 e. The Morgan fingerprint density at radius 1 is 1.25 bits per heavy atom. The summed E-state index contributed by atoms with van der Waals surface area (Å²) < 4.78 is 4.83. The van der Waals surface area contributed by atoms with E-state index in [1.165, 1.54) is 6.92 Å². The number of carbonyl (C=O) groups is 1. The number of carbonyl (C=O) groups excluding carboxylic acids is 1. The Labute approximate surface area is 73.2 Å². The van der Waals surface area contributed by atoms with Crippen molar-refractivity contribution in [3.05, 3.63) is 29.8 Å². The van der Waals surface area contributed by atoms with Crippen molar-refractivity contribution in [2.45, 2.75) is 21.3 Å². The fourth-order valence-corrected chi connectivity index (χ4v) is 0.772. The molecule has 0 unspecified atom stereocenters. The minimum Gasteiger partial charge on any atom is -0.427 e. The van der Waals surface area contributed by atoms with Gasteiger partial charge in [0.25, 0.3) is 0 Å². The summed E-state index contributed by atoms with van der Waals surface area (Å²) in [6, 6.07) is 7.35. The minimum absolute atomic E-state index is 0. The second kappa shape index (κ2) is 4.54. The van der Waals surface area contributed by atoms with Crippen LogP contribution in [0.25, 0.3) is 0 Å². The van der Waals surface area contributed by atoms with Gasteiger partial charge in [0, 0.05) is 6.92 Å². The van der Waals surface area contributed by atoms with Gasteiger partial charge in [-0.3, -0.25) is 4.79 Å². The van der Waals surface area contributed by atoms with Gasteiger partial charge in [0.05, 0.1) is 0 Å². The number of hydrogen-bond donors (Lipinski definition) is 0. The largest absolute Gasteiger partial charge is 0.427 e.